The fraction of sp³-hybridized carbons (Fsp3) is 0.636. The number of ketones is 1. The lowest BCUT2D eigenvalue weighted by atomic mass is 9.86. The van der Waals surface area contributed by atoms with E-state index in [4.69, 9.17) is 10.5 Å². The highest BCUT2D eigenvalue weighted by Crippen LogP contribution is 2.25. The molecule has 6 heteroatoms. The van der Waals surface area contributed by atoms with Crippen LogP contribution in [-0.2, 0) is 11.3 Å². The second kappa shape index (κ2) is 5.75. The second-order valence-electron chi connectivity index (χ2n) is 4.47. The molecule has 1 rings (SSSR count). The third-order valence-corrected chi connectivity index (χ3v) is 3.22. The van der Waals surface area contributed by atoms with Crippen molar-refractivity contribution in [1.29, 1.82) is 0 Å². The van der Waals surface area contributed by atoms with Crippen LogP contribution in [0.15, 0.2) is 10.7 Å². The first-order chi connectivity index (χ1) is 7.94. The van der Waals surface area contributed by atoms with Crippen molar-refractivity contribution < 1.29 is 9.53 Å². The molecule has 0 saturated carbocycles. The SMILES string of the molecule is COCCn1ncc(Br)c1C(=O)C(C)(C)CN. The van der Waals surface area contributed by atoms with E-state index in [-0.39, 0.29) is 5.78 Å². The molecule has 96 valence electrons. The molecule has 0 radical (unpaired) electrons. The van der Waals surface area contributed by atoms with Crippen molar-refractivity contribution in [2.24, 2.45) is 11.1 Å². The molecule has 5 nitrogen and oxygen atoms in total. The van der Waals surface area contributed by atoms with Gasteiger partial charge in [-0.15, -0.1) is 0 Å². The van der Waals surface area contributed by atoms with Crippen molar-refractivity contribution in [3.63, 3.8) is 0 Å². The lowest BCUT2D eigenvalue weighted by Gasteiger charge is -2.21. The van der Waals surface area contributed by atoms with Crippen molar-refractivity contribution in [2.75, 3.05) is 20.3 Å². The number of nitrogens with zero attached hydrogens (tertiary/aromatic N) is 2. The normalized spacial score (nSPS) is 11.8. The highest BCUT2D eigenvalue weighted by atomic mass is 79.9. The Balaban J connectivity index is 3.03. The zero-order chi connectivity index (χ0) is 13.1. The Hall–Kier alpha value is -0.720. The number of nitrogens with two attached hydrogens (primary N) is 1. The van der Waals surface area contributed by atoms with E-state index < -0.39 is 5.41 Å². The van der Waals surface area contributed by atoms with Crippen LogP contribution in [0.25, 0.3) is 0 Å². The van der Waals surface area contributed by atoms with Gasteiger partial charge in [-0.2, -0.15) is 5.10 Å². The molecule has 0 aliphatic carbocycles. The van der Waals surface area contributed by atoms with E-state index in [1.165, 1.54) is 0 Å². The van der Waals surface area contributed by atoms with Crippen LogP contribution in [0.3, 0.4) is 0 Å². The van der Waals surface area contributed by atoms with E-state index in [0.29, 0.717) is 29.9 Å². The molecule has 0 aromatic carbocycles. The zero-order valence-electron chi connectivity index (χ0n) is 10.4. The summed E-state index contributed by atoms with van der Waals surface area (Å²) >= 11 is 3.35. The molecule has 1 aromatic heterocycles. The average Bonchev–Trinajstić information content (AvgIpc) is 2.66. The summed E-state index contributed by atoms with van der Waals surface area (Å²) in [7, 11) is 1.61. The summed E-state index contributed by atoms with van der Waals surface area (Å²) in [6.45, 7) is 5.01. The molecule has 2 N–H and O–H groups in total. The highest BCUT2D eigenvalue weighted by molar-refractivity contribution is 9.10. The fourth-order valence-corrected chi connectivity index (χ4v) is 1.83. The van der Waals surface area contributed by atoms with E-state index in [2.05, 4.69) is 21.0 Å². The summed E-state index contributed by atoms with van der Waals surface area (Å²) in [5, 5.41) is 4.15. The van der Waals surface area contributed by atoms with Gasteiger partial charge in [0, 0.05) is 19.1 Å². The minimum absolute atomic E-state index is 0.0134. The van der Waals surface area contributed by atoms with Crippen LogP contribution in [0.4, 0.5) is 0 Å². The smallest absolute Gasteiger partial charge is 0.188 e. The summed E-state index contributed by atoms with van der Waals surface area (Å²) in [5.41, 5.74) is 5.59. The summed E-state index contributed by atoms with van der Waals surface area (Å²) in [6.07, 6.45) is 1.62. The number of aromatic nitrogens is 2. The lowest BCUT2D eigenvalue weighted by molar-refractivity contribution is 0.0831. The number of hydrogen-bond donors (Lipinski definition) is 1. The van der Waals surface area contributed by atoms with Gasteiger partial charge in [-0.1, -0.05) is 13.8 Å². The molecule has 0 spiro atoms. The van der Waals surface area contributed by atoms with Gasteiger partial charge >= 0.3 is 0 Å². The third kappa shape index (κ3) is 3.14. The molecule has 0 bridgehead atoms. The topological polar surface area (TPSA) is 70.1 Å². The van der Waals surface area contributed by atoms with Crippen molar-refractivity contribution in [3.05, 3.63) is 16.4 Å². The maximum Gasteiger partial charge on any atom is 0.188 e. The van der Waals surface area contributed by atoms with Crippen LogP contribution >= 0.6 is 15.9 Å². The Morgan fingerprint density at radius 1 is 1.65 bits per heavy atom. The number of rotatable bonds is 6. The van der Waals surface area contributed by atoms with Gasteiger partial charge in [0.25, 0.3) is 0 Å². The van der Waals surface area contributed by atoms with E-state index >= 15 is 0 Å². The van der Waals surface area contributed by atoms with Crippen LogP contribution in [-0.4, -0.2) is 35.8 Å². The molecule has 0 amide bonds. The second-order valence-corrected chi connectivity index (χ2v) is 5.33. The number of carbonyl (C=O) groups excluding carboxylic acids is 1. The summed E-state index contributed by atoms with van der Waals surface area (Å²) in [4.78, 5) is 12.4. The molecule has 0 atom stereocenters. The first-order valence-electron chi connectivity index (χ1n) is 5.39. The van der Waals surface area contributed by atoms with E-state index in [0.717, 1.165) is 0 Å². The molecule has 0 aliphatic rings. The predicted molar refractivity (Wildman–Crippen MR) is 69.0 cm³/mol. The zero-order valence-corrected chi connectivity index (χ0v) is 12.0. The van der Waals surface area contributed by atoms with Gasteiger partial charge in [-0.05, 0) is 15.9 Å². The molecule has 17 heavy (non-hydrogen) atoms. The van der Waals surface area contributed by atoms with Gasteiger partial charge in [0.1, 0.15) is 5.69 Å². The van der Waals surface area contributed by atoms with Gasteiger partial charge in [0.15, 0.2) is 5.78 Å². The van der Waals surface area contributed by atoms with Crippen molar-refractivity contribution >= 4 is 21.7 Å². The molecular weight excluding hydrogens is 286 g/mol. The van der Waals surface area contributed by atoms with Crippen LogP contribution in [0, 0.1) is 5.41 Å². The minimum Gasteiger partial charge on any atom is -0.383 e. The van der Waals surface area contributed by atoms with Crippen LogP contribution < -0.4 is 5.73 Å². The number of methoxy groups -OCH3 is 1. The van der Waals surface area contributed by atoms with Crippen molar-refractivity contribution in [2.45, 2.75) is 20.4 Å². The van der Waals surface area contributed by atoms with Crippen molar-refractivity contribution in [1.82, 2.24) is 9.78 Å². The predicted octanol–water partition coefficient (Wildman–Crippen LogP) is 1.46. The van der Waals surface area contributed by atoms with Gasteiger partial charge in [-0.3, -0.25) is 9.48 Å². The molecule has 0 aliphatic heterocycles. The summed E-state index contributed by atoms with van der Waals surface area (Å²) in [5.74, 6) is -0.0134. The van der Waals surface area contributed by atoms with Crippen LogP contribution in [0.5, 0.6) is 0 Å². The standard InChI is InChI=1S/C11H18BrN3O2/c1-11(2,7-13)10(16)9-8(12)6-14-15(9)4-5-17-3/h6H,4-5,7,13H2,1-3H3. The number of hydrogen-bond acceptors (Lipinski definition) is 4. The highest BCUT2D eigenvalue weighted by Gasteiger charge is 2.31. The van der Waals surface area contributed by atoms with E-state index in [1.54, 1.807) is 18.0 Å². The Kier molecular flexibility index (Phi) is 4.85. The summed E-state index contributed by atoms with van der Waals surface area (Å²) in [6, 6.07) is 0. The number of carbonyl (C=O) groups is 1. The Bertz CT molecular complexity index is 401. The van der Waals surface area contributed by atoms with Gasteiger partial charge in [0.2, 0.25) is 0 Å². The fourth-order valence-electron chi connectivity index (χ4n) is 1.35. The van der Waals surface area contributed by atoms with Crippen LogP contribution in [0.1, 0.15) is 24.3 Å². The minimum atomic E-state index is -0.590. The molecule has 1 aromatic rings. The lowest BCUT2D eigenvalue weighted by Crippen LogP contribution is -2.34. The van der Waals surface area contributed by atoms with Gasteiger partial charge in [0.05, 0.1) is 23.8 Å². The molecular formula is C11H18BrN3O2. The van der Waals surface area contributed by atoms with Crippen LogP contribution in [0.2, 0.25) is 0 Å². The van der Waals surface area contributed by atoms with E-state index in [1.807, 2.05) is 13.8 Å². The monoisotopic (exact) mass is 303 g/mol. The maximum atomic E-state index is 12.4. The van der Waals surface area contributed by atoms with E-state index in [9.17, 15) is 4.79 Å². The third-order valence-electron chi connectivity index (χ3n) is 2.64. The summed E-state index contributed by atoms with van der Waals surface area (Å²) < 4.78 is 7.33. The average molecular weight is 304 g/mol. The maximum absolute atomic E-state index is 12.4. The Labute approximate surface area is 109 Å². The first kappa shape index (κ1) is 14.3. The molecule has 0 unspecified atom stereocenters. The molecule has 1 heterocycles. The Morgan fingerprint density at radius 2 is 2.29 bits per heavy atom. The Morgan fingerprint density at radius 3 is 2.82 bits per heavy atom. The van der Waals surface area contributed by atoms with Gasteiger partial charge in [-0.25, -0.2) is 0 Å². The molecule has 0 fully saturated rings. The first-order valence-corrected chi connectivity index (χ1v) is 6.18. The molecule has 0 saturated heterocycles. The van der Waals surface area contributed by atoms with Gasteiger partial charge < -0.3 is 10.5 Å². The number of Topliss-reactive ketones (excluding diaryl/α,β-unsaturated/α-hetero) is 1. The number of halogens is 1. The van der Waals surface area contributed by atoms with Crippen molar-refractivity contribution in [3.8, 4) is 0 Å². The largest absolute Gasteiger partial charge is 0.383 e. The number of ether oxygens (including phenoxy) is 1. The quantitative estimate of drug-likeness (QED) is 0.808.